The second-order valence-corrected chi connectivity index (χ2v) is 8.07. The van der Waals surface area contributed by atoms with Crippen molar-refractivity contribution < 1.29 is 0 Å². The summed E-state index contributed by atoms with van der Waals surface area (Å²) in [6.45, 7) is 4.23. The molecule has 1 aromatic heterocycles. The smallest absolute Gasteiger partial charge is 0.141 e. The van der Waals surface area contributed by atoms with E-state index in [2.05, 4.69) is 29.1 Å². The maximum atomic E-state index is 9.57. The summed E-state index contributed by atoms with van der Waals surface area (Å²) in [5.41, 5.74) is 10.2. The Morgan fingerprint density at radius 2 is 2.17 bits per heavy atom. The first-order chi connectivity index (χ1) is 11.1. The second kappa shape index (κ2) is 7.11. The molecular formula is C18H26N4S. The Kier molecular flexibility index (Phi) is 5.13. The fraction of sp³-hybridized carbons (Fsp3) is 0.667. The average Bonchev–Trinajstić information content (AvgIpc) is 3.09. The first kappa shape index (κ1) is 16.6. The minimum Gasteiger partial charge on any atom is -0.383 e. The van der Waals surface area contributed by atoms with Crippen molar-refractivity contribution in [2.75, 3.05) is 18.5 Å². The van der Waals surface area contributed by atoms with Crippen molar-refractivity contribution in [3.63, 3.8) is 0 Å². The Labute approximate surface area is 143 Å². The molecule has 0 aromatic carbocycles. The minimum atomic E-state index is 0.420. The molecule has 2 aliphatic rings. The number of nitrogen functional groups attached to an aromatic ring is 1. The predicted molar refractivity (Wildman–Crippen MR) is 96.4 cm³/mol. The van der Waals surface area contributed by atoms with Crippen LogP contribution in [0, 0.1) is 11.3 Å². The molecule has 124 valence electrons. The van der Waals surface area contributed by atoms with Crippen LogP contribution in [0.15, 0.2) is 0 Å². The number of anilines is 1. The number of rotatable bonds is 4. The van der Waals surface area contributed by atoms with Crippen molar-refractivity contribution in [2.45, 2.75) is 63.3 Å². The zero-order chi connectivity index (χ0) is 16.4. The molecule has 5 heteroatoms. The van der Waals surface area contributed by atoms with Gasteiger partial charge in [0, 0.05) is 36.5 Å². The van der Waals surface area contributed by atoms with Gasteiger partial charge in [0.1, 0.15) is 11.9 Å². The van der Waals surface area contributed by atoms with Crippen molar-refractivity contribution in [1.29, 1.82) is 5.26 Å². The summed E-state index contributed by atoms with van der Waals surface area (Å²) >= 11 is 1.84. The topological polar surface area (TPSA) is 65.9 Å². The van der Waals surface area contributed by atoms with Crippen LogP contribution in [0.4, 0.5) is 5.82 Å². The van der Waals surface area contributed by atoms with Crippen LogP contribution in [-0.4, -0.2) is 34.0 Å². The number of aromatic nitrogens is 1. The van der Waals surface area contributed by atoms with Gasteiger partial charge in [-0.3, -0.25) is 4.90 Å². The molecule has 0 saturated heterocycles. The molecule has 1 atom stereocenters. The van der Waals surface area contributed by atoms with Gasteiger partial charge in [0.05, 0.1) is 5.56 Å². The van der Waals surface area contributed by atoms with Crippen molar-refractivity contribution in [3.05, 3.63) is 22.4 Å². The van der Waals surface area contributed by atoms with E-state index >= 15 is 0 Å². The number of thioether (sulfide) groups is 1. The summed E-state index contributed by atoms with van der Waals surface area (Å²) in [5, 5.41) is 10.1. The van der Waals surface area contributed by atoms with E-state index in [1.54, 1.807) is 0 Å². The standard InChI is InChI=1S/C18H26N4S/c1-12(23-2)9-14-15(10-19)18(20)21-17-7-8-22(11-16(14)17)13-5-3-4-6-13/h12-13H,3-9,11H2,1-2H3,(H2,20,21). The van der Waals surface area contributed by atoms with Crippen LogP contribution >= 0.6 is 11.8 Å². The van der Waals surface area contributed by atoms with Gasteiger partial charge in [-0.05, 0) is 36.6 Å². The largest absolute Gasteiger partial charge is 0.383 e. The fourth-order valence-electron chi connectivity index (χ4n) is 3.98. The van der Waals surface area contributed by atoms with E-state index < -0.39 is 0 Å². The van der Waals surface area contributed by atoms with E-state index in [0.29, 0.717) is 16.6 Å². The lowest BCUT2D eigenvalue weighted by Gasteiger charge is -2.35. The van der Waals surface area contributed by atoms with Gasteiger partial charge in [0.15, 0.2) is 0 Å². The van der Waals surface area contributed by atoms with Crippen LogP contribution in [0.5, 0.6) is 0 Å². The zero-order valence-corrected chi connectivity index (χ0v) is 15.0. The molecule has 1 fully saturated rings. The zero-order valence-electron chi connectivity index (χ0n) is 14.1. The number of fused-ring (bicyclic) bond motifs is 1. The predicted octanol–water partition coefficient (Wildman–Crippen LogP) is 3.13. The van der Waals surface area contributed by atoms with Crippen LogP contribution in [-0.2, 0) is 19.4 Å². The summed E-state index contributed by atoms with van der Waals surface area (Å²) in [7, 11) is 0. The monoisotopic (exact) mass is 330 g/mol. The maximum Gasteiger partial charge on any atom is 0.141 e. The van der Waals surface area contributed by atoms with Crippen molar-refractivity contribution in [2.24, 2.45) is 0 Å². The molecule has 2 heterocycles. The molecule has 0 radical (unpaired) electrons. The lowest BCUT2D eigenvalue weighted by Crippen LogP contribution is -2.39. The third-order valence-corrected chi connectivity index (χ3v) is 6.34. The Morgan fingerprint density at radius 1 is 1.43 bits per heavy atom. The molecule has 1 aliphatic heterocycles. The Hall–Kier alpha value is -1.25. The highest BCUT2D eigenvalue weighted by atomic mass is 32.2. The van der Waals surface area contributed by atoms with Gasteiger partial charge < -0.3 is 5.73 Å². The van der Waals surface area contributed by atoms with E-state index in [9.17, 15) is 5.26 Å². The molecule has 1 saturated carbocycles. The molecular weight excluding hydrogens is 304 g/mol. The molecule has 0 bridgehead atoms. The van der Waals surface area contributed by atoms with Crippen LogP contribution in [0.1, 0.15) is 55.0 Å². The summed E-state index contributed by atoms with van der Waals surface area (Å²) in [6.07, 6.45) is 9.33. The average molecular weight is 331 g/mol. The van der Waals surface area contributed by atoms with Gasteiger partial charge in [-0.15, -0.1) is 0 Å². The lowest BCUT2D eigenvalue weighted by molar-refractivity contribution is 0.179. The summed E-state index contributed by atoms with van der Waals surface area (Å²) < 4.78 is 0. The van der Waals surface area contributed by atoms with E-state index in [4.69, 9.17) is 5.73 Å². The number of nitrogens with zero attached hydrogens (tertiary/aromatic N) is 3. The van der Waals surface area contributed by atoms with Crippen molar-refractivity contribution >= 4 is 17.6 Å². The second-order valence-electron chi connectivity index (χ2n) is 6.80. The molecule has 2 N–H and O–H groups in total. The van der Waals surface area contributed by atoms with Crippen molar-refractivity contribution in [1.82, 2.24) is 9.88 Å². The lowest BCUT2D eigenvalue weighted by atomic mass is 9.92. The van der Waals surface area contributed by atoms with Gasteiger partial charge in [-0.1, -0.05) is 19.8 Å². The summed E-state index contributed by atoms with van der Waals surface area (Å²) in [5.74, 6) is 0.420. The Balaban J connectivity index is 1.96. The van der Waals surface area contributed by atoms with Gasteiger partial charge in [-0.25, -0.2) is 4.98 Å². The Bertz CT molecular complexity index is 616. The maximum absolute atomic E-state index is 9.57. The molecule has 0 amide bonds. The van der Waals surface area contributed by atoms with E-state index in [-0.39, 0.29) is 0 Å². The third-order valence-electron chi connectivity index (χ3n) is 5.37. The van der Waals surface area contributed by atoms with Gasteiger partial charge in [0.25, 0.3) is 0 Å². The molecule has 4 nitrogen and oxygen atoms in total. The number of nitriles is 1. The van der Waals surface area contributed by atoms with E-state index in [1.807, 2.05) is 11.8 Å². The molecule has 23 heavy (non-hydrogen) atoms. The first-order valence-electron chi connectivity index (χ1n) is 8.61. The van der Waals surface area contributed by atoms with Gasteiger partial charge >= 0.3 is 0 Å². The number of pyridine rings is 1. The normalized spacial score (nSPS) is 20.2. The fourth-order valence-corrected chi connectivity index (χ4v) is 4.31. The molecule has 1 aliphatic carbocycles. The molecule has 3 rings (SSSR count). The first-order valence-corrected chi connectivity index (χ1v) is 9.89. The van der Waals surface area contributed by atoms with Crippen LogP contribution in [0.2, 0.25) is 0 Å². The summed E-state index contributed by atoms with van der Waals surface area (Å²) in [6, 6.07) is 3.03. The quantitative estimate of drug-likeness (QED) is 0.919. The highest BCUT2D eigenvalue weighted by molar-refractivity contribution is 7.99. The highest BCUT2D eigenvalue weighted by Crippen LogP contribution is 2.33. The highest BCUT2D eigenvalue weighted by Gasteiger charge is 2.29. The van der Waals surface area contributed by atoms with Crippen LogP contribution in [0.25, 0.3) is 0 Å². The van der Waals surface area contributed by atoms with Crippen LogP contribution < -0.4 is 5.73 Å². The molecule has 0 spiro atoms. The number of hydrogen-bond donors (Lipinski definition) is 1. The van der Waals surface area contributed by atoms with Crippen LogP contribution in [0.3, 0.4) is 0 Å². The third kappa shape index (κ3) is 3.34. The Morgan fingerprint density at radius 3 is 2.83 bits per heavy atom. The molecule has 1 aromatic rings. The number of nitrogens with two attached hydrogens (primary N) is 1. The molecule has 1 unspecified atom stereocenters. The van der Waals surface area contributed by atoms with E-state index in [1.165, 1.54) is 31.2 Å². The van der Waals surface area contributed by atoms with E-state index in [0.717, 1.165) is 43.2 Å². The van der Waals surface area contributed by atoms with Gasteiger partial charge in [-0.2, -0.15) is 17.0 Å². The minimum absolute atomic E-state index is 0.420. The van der Waals surface area contributed by atoms with Gasteiger partial charge in [0.2, 0.25) is 0 Å². The SMILES string of the molecule is CSC(C)Cc1c(C#N)c(N)nc2c1CN(C1CCCC1)CC2. The number of hydrogen-bond acceptors (Lipinski definition) is 5. The van der Waals surface area contributed by atoms with Crippen molar-refractivity contribution in [3.8, 4) is 6.07 Å². The summed E-state index contributed by atoms with van der Waals surface area (Å²) in [4.78, 5) is 7.17.